The molecule has 30 heavy (non-hydrogen) atoms. The van der Waals surface area contributed by atoms with Crippen molar-refractivity contribution in [2.45, 2.75) is 82.9 Å². The Labute approximate surface area is 181 Å². The smallest absolute Gasteiger partial charge is 0.227 e. The Morgan fingerprint density at radius 3 is 2.33 bits per heavy atom. The van der Waals surface area contributed by atoms with Gasteiger partial charge in [0.2, 0.25) is 15.9 Å². The molecule has 1 amide bonds. The van der Waals surface area contributed by atoms with Crippen molar-refractivity contribution in [3.63, 3.8) is 0 Å². The monoisotopic (exact) mass is 435 g/mol. The lowest BCUT2D eigenvalue weighted by Crippen LogP contribution is -2.41. The zero-order valence-corrected chi connectivity index (χ0v) is 19.1. The highest BCUT2D eigenvalue weighted by Gasteiger charge is 2.26. The second kappa shape index (κ2) is 10.6. The highest BCUT2D eigenvalue weighted by atomic mass is 32.2. The summed E-state index contributed by atoms with van der Waals surface area (Å²) in [6.07, 6.45) is 9.34. The van der Waals surface area contributed by atoms with Gasteiger partial charge in [0.25, 0.3) is 0 Å². The molecule has 6 nitrogen and oxygen atoms in total. The lowest BCUT2D eigenvalue weighted by molar-refractivity contribution is -0.120. The number of nitrogens with one attached hydrogen (secondary N) is 3. The van der Waals surface area contributed by atoms with Gasteiger partial charge in [0.1, 0.15) is 0 Å². The number of carbonyl (C=O) groups is 1. The van der Waals surface area contributed by atoms with Crippen molar-refractivity contribution in [3.05, 3.63) is 24.3 Å². The summed E-state index contributed by atoms with van der Waals surface area (Å²) in [5.41, 5.74) is 1.86. The third kappa shape index (κ3) is 6.71. The molecule has 0 aromatic heterocycles. The molecule has 168 valence electrons. The van der Waals surface area contributed by atoms with Crippen LogP contribution < -0.4 is 15.4 Å². The van der Waals surface area contributed by atoms with Gasteiger partial charge in [-0.1, -0.05) is 25.3 Å². The van der Waals surface area contributed by atoms with E-state index in [1.807, 2.05) is 24.3 Å². The van der Waals surface area contributed by atoms with Crippen LogP contribution >= 0.6 is 0 Å². The normalized spacial score (nSPS) is 23.3. The second-order valence-electron chi connectivity index (χ2n) is 9.22. The van der Waals surface area contributed by atoms with E-state index in [4.69, 9.17) is 0 Å². The minimum Gasteiger partial charge on any atom is -0.385 e. The average Bonchev–Trinajstić information content (AvgIpc) is 2.74. The van der Waals surface area contributed by atoms with E-state index >= 15 is 0 Å². The maximum absolute atomic E-state index is 12.5. The largest absolute Gasteiger partial charge is 0.385 e. The Hall–Kier alpha value is -1.60. The first-order valence-corrected chi connectivity index (χ1v) is 13.0. The number of hydrogen-bond acceptors (Lipinski definition) is 4. The quantitative estimate of drug-likeness (QED) is 0.561. The molecule has 0 bridgehead atoms. The first-order chi connectivity index (χ1) is 14.3. The van der Waals surface area contributed by atoms with Crippen LogP contribution in [0.2, 0.25) is 0 Å². The summed E-state index contributed by atoms with van der Waals surface area (Å²) in [6, 6.07) is 8.00. The van der Waals surface area contributed by atoms with E-state index in [2.05, 4.69) is 15.4 Å². The number of benzene rings is 1. The second-order valence-corrected chi connectivity index (χ2v) is 11.5. The standard InChI is InChI=1S/C23H37N3O3S/c1-17(2)30(28,29)26-20-13-11-18(12-14-20)16-24-21-9-6-10-22(15-21)25-23(27)19-7-4-3-5-8-19/h6,9-10,15,17-20,24,26H,3-5,7-8,11-14,16H2,1-2H3,(H,25,27)/t18-,20-. The SMILES string of the molecule is CC(C)S(=O)(=O)N[C@H]1CC[C@H](CNc2cccc(NC(=O)C3CCCCC3)c2)CC1. The molecule has 1 aromatic carbocycles. The van der Waals surface area contributed by atoms with Gasteiger partial charge in [0.15, 0.2) is 0 Å². The Kier molecular flexibility index (Phi) is 8.17. The molecule has 3 rings (SSSR count). The number of amides is 1. The first-order valence-electron chi connectivity index (χ1n) is 11.5. The van der Waals surface area contributed by atoms with Crippen LogP contribution in [0.25, 0.3) is 0 Å². The highest BCUT2D eigenvalue weighted by Crippen LogP contribution is 2.27. The van der Waals surface area contributed by atoms with E-state index in [1.54, 1.807) is 13.8 Å². The molecule has 0 spiro atoms. The molecule has 0 unspecified atom stereocenters. The predicted octanol–water partition coefficient (Wildman–Crippen LogP) is 4.50. The van der Waals surface area contributed by atoms with Gasteiger partial charge in [-0.3, -0.25) is 4.79 Å². The Balaban J connectivity index is 1.43. The molecule has 0 atom stereocenters. The summed E-state index contributed by atoms with van der Waals surface area (Å²) < 4.78 is 26.9. The predicted molar refractivity (Wildman–Crippen MR) is 123 cm³/mol. The Bertz CT molecular complexity index is 796. The minimum absolute atomic E-state index is 0.0620. The van der Waals surface area contributed by atoms with Crippen molar-refractivity contribution >= 4 is 27.3 Å². The fourth-order valence-electron chi connectivity index (χ4n) is 4.43. The maximum atomic E-state index is 12.5. The molecule has 1 aromatic rings. The van der Waals surface area contributed by atoms with Gasteiger partial charge >= 0.3 is 0 Å². The Morgan fingerprint density at radius 1 is 1.00 bits per heavy atom. The third-order valence-electron chi connectivity index (χ3n) is 6.50. The molecule has 0 radical (unpaired) electrons. The zero-order valence-electron chi connectivity index (χ0n) is 18.3. The van der Waals surface area contributed by atoms with E-state index in [1.165, 1.54) is 6.42 Å². The van der Waals surface area contributed by atoms with Gasteiger partial charge in [-0.05, 0) is 76.5 Å². The van der Waals surface area contributed by atoms with Crippen LogP contribution in [-0.4, -0.2) is 32.2 Å². The van der Waals surface area contributed by atoms with Gasteiger partial charge in [0.05, 0.1) is 5.25 Å². The van der Waals surface area contributed by atoms with E-state index in [9.17, 15) is 13.2 Å². The van der Waals surface area contributed by atoms with Crippen LogP contribution in [0.5, 0.6) is 0 Å². The van der Waals surface area contributed by atoms with Crippen molar-refractivity contribution < 1.29 is 13.2 Å². The topological polar surface area (TPSA) is 87.3 Å². The zero-order chi connectivity index (χ0) is 21.6. The van der Waals surface area contributed by atoms with Crippen molar-refractivity contribution in [2.75, 3.05) is 17.2 Å². The minimum atomic E-state index is -3.19. The van der Waals surface area contributed by atoms with E-state index < -0.39 is 10.0 Å². The molecule has 2 aliphatic carbocycles. The van der Waals surface area contributed by atoms with Crippen LogP contribution in [0.1, 0.15) is 71.6 Å². The molecule has 7 heteroatoms. The van der Waals surface area contributed by atoms with Gasteiger partial charge in [0, 0.05) is 29.9 Å². The summed E-state index contributed by atoms with van der Waals surface area (Å²) in [6.45, 7) is 4.29. The van der Waals surface area contributed by atoms with E-state index in [-0.39, 0.29) is 23.1 Å². The van der Waals surface area contributed by atoms with Crippen LogP contribution in [0.15, 0.2) is 24.3 Å². The summed E-state index contributed by atoms with van der Waals surface area (Å²) in [5, 5.41) is 6.20. The van der Waals surface area contributed by atoms with Gasteiger partial charge in [-0.15, -0.1) is 0 Å². The highest BCUT2D eigenvalue weighted by molar-refractivity contribution is 7.90. The van der Waals surface area contributed by atoms with E-state index in [0.717, 1.165) is 69.3 Å². The molecular weight excluding hydrogens is 398 g/mol. The number of rotatable bonds is 8. The van der Waals surface area contributed by atoms with Gasteiger partial charge < -0.3 is 10.6 Å². The summed E-state index contributed by atoms with van der Waals surface area (Å²) >= 11 is 0. The number of hydrogen-bond donors (Lipinski definition) is 3. The van der Waals surface area contributed by atoms with Crippen LogP contribution in [-0.2, 0) is 14.8 Å². The summed E-state index contributed by atoms with van der Waals surface area (Å²) in [7, 11) is -3.19. The van der Waals surface area contributed by atoms with Crippen molar-refractivity contribution in [1.29, 1.82) is 0 Å². The summed E-state index contributed by atoms with van der Waals surface area (Å²) in [4.78, 5) is 12.5. The Morgan fingerprint density at radius 2 is 1.67 bits per heavy atom. The van der Waals surface area contributed by atoms with Gasteiger partial charge in [-0.2, -0.15) is 0 Å². The molecule has 3 N–H and O–H groups in total. The molecule has 0 heterocycles. The van der Waals surface area contributed by atoms with Crippen molar-refractivity contribution in [3.8, 4) is 0 Å². The van der Waals surface area contributed by atoms with Gasteiger partial charge in [-0.25, -0.2) is 13.1 Å². The number of carbonyl (C=O) groups excluding carboxylic acids is 1. The number of sulfonamides is 1. The fourth-order valence-corrected chi connectivity index (χ4v) is 5.40. The molecule has 0 saturated heterocycles. The third-order valence-corrected chi connectivity index (χ3v) is 8.40. The van der Waals surface area contributed by atoms with Crippen molar-refractivity contribution in [1.82, 2.24) is 4.72 Å². The summed E-state index contributed by atoms with van der Waals surface area (Å²) in [5.74, 6) is 0.831. The fraction of sp³-hybridized carbons (Fsp3) is 0.696. The lowest BCUT2D eigenvalue weighted by atomic mass is 9.86. The molecule has 0 aliphatic heterocycles. The number of anilines is 2. The average molecular weight is 436 g/mol. The van der Waals surface area contributed by atoms with Crippen LogP contribution in [0, 0.1) is 11.8 Å². The first kappa shape index (κ1) is 23.1. The van der Waals surface area contributed by atoms with Crippen LogP contribution in [0.4, 0.5) is 11.4 Å². The molecular formula is C23H37N3O3S. The molecule has 2 saturated carbocycles. The lowest BCUT2D eigenvalue weighted by Gasteiger charge is -2.29. The van der Waals surface area contributed by atoms with E-state index in [0.29, 0.717) is 5.92 Å². The van der Waals surface area contributed by atoms with Crippen molar-refractivity contribution in [2.24, 2.45) is 11.8 Å². The van der Waals surface area contributed by atoms with Crippen LogP contribution in [0.3, 0.4) is 0 Å². The molecule has 2 aliphatic rings. The molecule has 2 fully saturated rings. The maximum Gasteiger partial charge on any atom is 0.227 e.